The molecule has 244 valence electrons. The Bertz CT molecular complexity index is 1610. The number of piperidine rings is 1. The van der Waals surface area contributed by atoms with E-state index in [1.807, 2.05) is 4.90 Å². The molecule has 2 aliphatic rings. The number of aromatic nitrogens is 3. The number of ether oxygens (including phenoxy) is 3. The molecular formula is C31H41FN6O6S. The predicted molar refractivity (Wildman–Crippen MR) is 169 cm³/mol. The van der Waals surface area contributed by atoms with Gasteiger partial charge in [-0.3, -0.25) is 14.4 Å². The molecule has 2 fully saturated rings. The molecule has 14 heteroatoms. The standard InChI is InChI=1S/C31H41FN6O6S/c1-42-27(39)7-5-4-6-21-8-10-37(11-9-21)20-23-16-24(32)18-25-28(34-31(35-29(23)25)38-12-14-44-15-13-38)22-17-26(36-45(3,40)41)30(43-2)33-19-22/h16-19,21,36H,4-15,20H2,1-3H3. The number of hydrogen-bond acceptors (Lipinski definition) is 11. The molecule has 0 aliphatic carbocycles. The Kier molecular flexibility index (Phi) is 10.7. The number of nitrogens with one attached hydrogen (secondary N) is 1. The molecule has 4 heterocycles. The fourth-order valence-corrected chi connectivity index (χ4v) is 6.54. The third-order valence-corrected chi connectivity index (χ3v) is 8.90. The summed E-state index contributed by atoms with van der Waals surface area (Å²) in [6.45, 7) is 4.60. The van der Waals surface area contributed by atoms with Crippen LogP contribution in [0.15, 0.2) is 24.4 Å². The van der Waals surface area contributed by atoms with Gasteiger partial charge in [-0.1, -0.05) is 12.8 Å². The van der Waals surface area contributed by atoms with Gasteiger partial charge in [-0.2, -0.15) is 0 Å². The highest BCUT2D eigenvalue weighted by atomic mass is 32.2. The molecule has 0 radical (unpaired) electrons. The summed E-state index contributed by atoms with van der Waals surface area (Å²) in [7, 11) is -0.808. The minimum Gasteiger partial charge on any atom is -0.480 e. The molecule has 45 heavy (non-hydrogen) atoms. The van der Waals surface area contributed by atoms with E-state index < -0.39 is 15.8 Å². The highest BCUT2D eigenvalue weighted by Crippen LogP contribution is 2.35. The normalized spacial score (nSPS) is 16.6. The zero-order valence-electron chi connectivity index (χ0n) is 26.1. The van der Waals surface area contributed by atoms with E-state index in [1.165, 1.54) is 26.5 Å². The number of hydrogen-bond donors (Lipinski definition) is 1. The van der Waals surface area contributed by atoms with Crippen LogP contribution < -0.4 is 14.4 Å². The molecular weight excluding hydrogens is 603 g/mol. The fraction of sp³-hybridized carbons (Fsp3) is 0.548. The summed E-state index contributed by atoms with van der Waals surface area (Å²) in [5, 5.41) is 0.514. The van der Waals surface area contributed by atoms with Gasteiger partial charge >= 0.3 is 5.97 Å². The van der Waals surface area contributed by atoms with Crippen LogP contribution in [0.2, 0.25) is 0 Å². The number of carbonyl (C=O) groups excluding carboxylic acids is 1. The van der Waals surface area contributed by atoms with Gasteiger partial charge in [-0.25, -0.2) is 27.8 Å². The van der Waals surface area contributed by atoms with Crippen LogP contribution in [-0.4, -0.2) is 94.1 Å². The lowest BCUT2D eigenvalue weighted by Gasteiger charge is -2.32. The number of unbranched alkanes of at least 4 members (excludes halogenated alkanes) is 1. The molecule has 12 nitrogen and oxygen atoms in total. The Morgan fingerprint density at radius 2 is 1.84 bits per heavy atom. The van der Waals surface area contributed by atoms with Crippen molar-refractivity contribution >= 4 is 38.5 Å². The Balaban J connectivity index is 1.45. The number of morpholine rings is 1. The van der Waals surface area contributed by atoms with Crippen molar-refractivity contribution in [1.82, 2.24) is 19.9 Å². The minimum absolute atomic E-state index is 0.106. The van der Waals surface area contributed by atoms with Crippen LogP contribution in [0.1, 0.15) is 44.1 Å². The summed E-state index contributed by atoms with van der Waals surface area (Å²) in [6.07, 6.45) is 8.05. The van der Waals surface area contributed by atoms with Crippen molar-refractivity contribution in [3.8, 4) is 17.1 Å². The van der Waals surface area contributed by atoms with Crippen molar-refractivity contribution < 1.29 is 31.8 Å². The van der Waals surface area contributed by atoms with Crippen LogP contribution >= 0.6 is 0 Å². The monoisotopic (exact) mass is 644 g/mol. The van der Waals surface area contributed by atoms with Gasteiger partial charge in [0.1, 0.15) is 11.5 Å². The van der Waals surface area contributed by atoms with Gasteiger partial charge in [0, 0.05) is 43.2 Å². The number of halogens is 1. The lowest BCUT2D eigenvalue weighted by atomic mass is 9.91. The second kappa shape index (κ2) is 14.6. The van der Waals surface area contributed by atoms with E-state index in [0.29, 0.717) is 73.3 Å². The van der Waals surface area contributed by atoms with E-state index in [0.717, 1.165) is 57.0 Å². The van der Waals surface area contributed by atoms with Gasteiger partial charge in [-0.15, -0.1) is 0 Å². The van der Waals surface area contributed by atoms with Gasteiger partial charge in [0.2, 0.25) is 21.9 Å². The molecule has 2 aromatic heterocycles. The Hall–Kier alpha value is -3.62. The van der Waals surface area contributed by atoms with Gasteiger partial charge in [0.15, 0.2) is 0 Å². The molecule has 2 saturated heterocycles. The van der Waals surface area contributed by atoms with E-state index in [-0.39, 0.29) is 17.5 Å². The number of anilines is 2. The number of methoxy groups -OCH3 is 2. The zero-order chi connectivity index (χ0) is 32.0. The van der Waals surface area contributed by atoms with Crippen LogP contribution in [0.3, 0.4) is 0 Å². The van der Waals surface area contributed by atoms with E-state index >= 15 is 4.39 Å². The van der Waals surface area contributed by atoms with E-state index in [1.54, 1.807) is 12.1 Å². The maximum absolute atomic E-state index is 15.3. The van der Waals surface area contributed by atoms with E-state index in [2.05, 4.69) is 14.6 Å². The third kappa shape index (κ3) is 8.56. The molecule has 3 aromatic rings. The predicted octanol–water partition coefficient (Wildman–Crippen LogP) is 3.99. The lowest BCUT2D eigenvalue weighted by molar-refractivity contribution is -0.140. The molecule has 5 rings (SSSR count). The molecule has 0 spiro atoms. The molecule has 0 atom stereocenters. The summed E-state index contributed by atoms with van der Waals surface area (Å²) < 4.78 is 57.5. The number of esters is 1. The smallest absolute Gasteiger partial charge is 0.305 e. The minimum atomic E-state index is -3.63. The summed E-state index contributed by atoms with van der Waals surface area (Å²) >= 11 is 0. The molecule has 1 aromatic carbocycles. The molecule has 0 amide bonds. The van der Waals surface area contributed by atoms with Crippen molar-refractivity contribution in [2.45, 2.75) is 45.1 Å². The van der Waals surface area contributed by atoms with Gasteiger partial charge in [0.05, 0.1) is 44.9 Å². The number of likely N-dealkylation sites (tertiary alicyclic amines) is 1. The first-order valence-electron chi connectivity index (χ1n) is 15.3. The van der Waals surface area contributed by atoms with Crippen molar-refractivity contribution in [1.29, 1.82) is 0 Å². The molecule has 0 unspecified atom stereocenters. The maximum Gasteiger partial charge on any atom is 0.305 e. The highest BCUT2D eigenvalue weighted by Gasteiger charge is 2.24. The second-order valence-corrected chi connectivity index (χ2v) is 13.4. The van der Waals surface area contributed by atoms with Gasteiger partial charge in [0.25, 0.3) is 0 Å². The lowest BCUT2D eigenvalue weighted by Crippen LogP contribution is -2.37. The molecule has 0 bridgehead atoms. The van der Waals surface area contributed by atoms with Crippen molar-refractivity contribution in [3.63, 3.8) is 0 Å². The number of sulfonamides is 1. The number of pyridine rings is 1. The van der Waals surface area contributed by atoms with Crippen LogP contribution in [0.25, 0.3) is 22.2 Å². The van der Waals surface area contributed by atoms with Crippen molar-refractivity contribution in [3.05, 3.63) is 35.8 Å². The summed E-state index contributed by atoms with van der Waals surface area (Å²) in [5.41, 5.74) is 2.49. The maximum atomic E-state index is 15.3. The SMILES string of the molecule is COC(=O)CCCCC1CCN(Cc2cc(F)cc3c(-c4cnc(OC)c(NS(C)(=O)=O)c4)nc(N4CCOCC4)nc23)CC1. The molecule has 1 N–H and O–H groups in total. The molecule has 0 saturated carbocycles. The number of benzene rings is 1. The van der Waals surface area contributed by atoms with Crippen LogP contribution in [0.5, 0.6) is 5.88 Å². The molecule has 2 aliphatic heterocycles. The van der Waals surface area contributed by atoms with Crippen molar-refractivity contribution in [2.24, 2.45) is 5.92 Å². The first-order chi connectivity index (χ1) is 21.6. The largest absolute Gasteiger partial charge is 0.480 e. The van der Waals surface area contributed by atoms with Crippen LogP contribution in [0, 0.1) is 11.7 Å². The first-order valence-corrected chi connectivity index (χ1v) is 17.2. The second-order valence-electron chi connectivity index (χ2n) is 11.6. The summed E-state index contributed by atoms with van der Waals surface area (Å²) in [5.74, 6) is 0.632. The number of nitrogens with zero attached hydrogens (tertiary/aromatic N) is 5. The van der Waals surface area contributed by atoms with E-state index in [9.17, 15) is 13.2 Å². The van der Waals surface area contributed by atoms with Crippen LogP contribution in [0.4, 0.5) is 16.0 Å². The third-order valence-electron chi connectivity index (χ3n) is 8.31. The van der Waals surface area contributed by atoms with Crippen LogP contribution in [-0.2, 0) is 30.8 Å². The quantitative estimate of drug-likeness (QED) is 0.226. The van der Waals surface area contributed by atoms with E-state index in [4.69, 9.17) is 24.2 Å². The van der Waals surface area contributed by atoms with Gasteiger partial charge in [-0.05, 0) is 62.0 Å². The summed E-state index contributed by atoms with van der Waals surface area (Å²) in [4.78, 5) is 29.9. The first kappa shape index (κ1) is 32.8. The Morgan fingerprint density at radius 3 is 2.53 bits per heavy atom. The Labute approximate surface area is 263 Å². The Morgan fingerprint density at radius 1 is 1.09 bits per heavy atom. The fourth-order valence-electron chi connectivity index (χ4n) is 5.99. The highest BCUT2D eigenvalue weighted by molar-refractivity contribution is 7.92. The summed E-state index contributed by atoms with van der Waals surface area (Å²) in [6, 6.07) is 4.56. The number of carbonyl (C=O) groups is 1. The zero-order valence-corrected chi connectivity index (χ0v) is 26.9. The topological polar surface area (TPSA) is 136 Å². The van der Waals surface area contributed by atoms with Gasteiger partial charge < -0.3 is 19.1 Å². The van der Waals surface area contributed by atoms with Crippen molar-refractivity contribution in [2.75, 3.05) is 69.5 Å². The number of fused-ring (bicyclic) bond motifs is 1. The average Bonchev–Trinajstić information content (AvgIpc) is 3.03. The average molecular weight is 645 g/mol. The number of rotatable bonds is 12.